The minimum Gasteiger partial charge on any atom is -0.378 e. The summed E-state index contributed by atoms with van der Waals surface area (Å²) in [6, 6.07) is 5.66. The lowest BCUT2D eigenvalue weighted by atomic mass is 10.1. The van der Waals surface area contributed by atoms with E-state index in [1.165, 1.54) is 12.1 Å². The van der Waals surface area contributed by atoms with E-state index in [1.807, 2.05) is 6.92 Å². The first kappa shape index (κ1) is 20.8. The quantitative estimate of drug-likeness (QED) is 0.653. The Balaban J connectivity index is 1.70. The monoisotopic (exact) mass is 409 g/mol. The van der Waals surface area contributed by atoms with Gasteiger partial charge in [0.25, 0.3) is 0 Å². The molecule has 2 N–H and O–H groups in total. The summed E-state index contributed by atoms with van der Waals surface area (Å²) in [5.74, 6) is -0.477. The van der Waals surface area contributed by atoms with E-state index in [2.05, 4.69) is 10.0 Å². The Bertz CT molecular complexity index is 799. The van der Waals surface area contributed by atoms with E-state index < -0.39 is 16.1 Å². The van der Waals surface area contributed by atoms with Gasteiger partial charge in [-0.25, -0.2) is 8.42 Å². The predicted octanol–water partition coefficient (Wildman–Crippen LogP) is 0.560. The number of rotatable bonds is 8. The number of morpholine rings is 1. The number of carbonyl (C=O) groups is 2. The average molecular weight is 410 g/mol. The molecule has 1 aromatic rings. The van der Waals surface area contributed by atoms with Gasteiger partial charge in [-0.2, -0.15) is 4.72 Å². The van der Waals surface area contributed by atoms with Crippen molar-refractivity contribution in [2.45, 2.75) is 49.6 Å². The lowest BCUT2D eigenvalue weighted by Crippen LogP contribution is -2.52. The van der Waals surface area contributed by atoms with E-state index in [0.717, 1.165) is 18.4 Å². The number of nitrogens with zero attached hydrogens (tertiary/aromatic N) is 1. The first-order chi connectivity index (χ1) is 13.3. The molecule has 9 heteroatoms. The van der Waals surface area contributed by atoms with Gasteiger partial charge in [-0.15, -0.1) is 0 Å². The topological polar surface area (TPSA) is 105 Å². The maximum atomic E-state index is 12.9. The van der Waals surface area contributed by atoms with E-state index in [1.54, 1.807) is 17.0 Å². The van der Waals surface area contributed by atoms with Crippen molar-refractivity contribution in [3.63, 3.8) is 0 Å². The van der Waals surface area contributed by atoms with Crippen LogP contribution in [0.4, 0.5) is 0 Å². The summed E-state index contributed by atoms with van der Waals surface area (Å²) >= 11 is 0. The van der Waals surface area contributed by atoms with E-state index in [0.29, 0.717) is 26.3 Å². The molecule has 3 rings (SSSR count). The van der Waals surface area contributed by atoms with Crippen molar-refractivity contribution in [3.05, 3.63) is 29.8 Å². The van der Waals surface area contributed by atoms with Gasteiger partial charge >= 0.3 is 0 Å². The Morgan fingerprint density at radius 2 is 1.82 bits per heavy atom. The third-order valence-electron chi connectivity index (χ3n) is 4.85. The second-order valence-corrected chi connectivity index (χ2v) is 9.02. The Kier molecular flexibility index (Phi) is 6.69. The number of hydrogen-bond acceptors (Lipinski definition) is 5. The van der Waals surface area contributed by atoms with Gasteiger partial charge in [-0.1, -0.05) is 17.7 Å². The van der Waals surface area contributed by atoms with Crippen molar-refractivity contribution < 1.29 is 22.7 Å². The molecular weight excluding hydrogens is 382 g/mol. The van der Waals surface area contributed by atoms with Crippen LogP contribution < -0.4 is 10.0 Å². The third-order valence-corrected chi connectivity index (χ3v) is 6.34. The van der Waals surface area contributed by atoms with Crippen molar-refractivity contribution in [1.82, 2.24) is 14.9 Å². The van der Waals surface area contributed by atoms with E-state index in [-0.39, 0.29) is 35.6 Å². The summed E-state index contributed by atoms with van der Waals surface area (Å²) in [7, 11) is -3.88. The fourth-order valence-corrected chi connectivity index (χ4v) is 4.24. The second-order valence-electron chi connectivity index (χ2n) is 7.31. The average Bonchev–Trinajstić information content (AvgIpc) is 3.49. The van der Waals surface area contributed by atoms with Crippen LogP contribution in [-0.4, -0.2) is 63.5 Å². The van der Waals surface area contributed by atoms with Gasteiger partial charge in [0.2, 0.25) is 21.8 Å². The fourth-order valence-electron chi connectivity index (χ4n) is 3.01. The highest BCUT2D eigenvalue weighted by molar-refractivity contribution is 7.89. The number of benzene rings is 1. The van der Waals surface area contributed by atoms with Crippen LogP contribution in [0.2, 0.25) is 0 Å². The molecular formula is C19H27N3O5S. The molecule has 8 nitrogen and oxygen atoms in total. The molecule has 0 aromatic heterocycles. The lowest BCUT2D eigenvalue weighted by Gasteiger charge is -2.30. The zero-order valence-electron chi connectivity index (χ0n) is 16.0. The molecule has 1 saturated heterocycles. The van der Waals surface area contributed by atoms with Crippen molar-refractivity contribution in [1.29, 1.82) is 0 Å². The summed E-state index contributed by atoms with van der Waals surface area (Å²) in [5.41, 5.74) is 0.941. The molecule has 2 aliphatic rings. The third kappa shape index (κ3) is 5.76. The summed E-state index contributed by atoms with van der Waals surface area (Å²) in [5, 5.41) is 2.87. The van der Waals surface area contributed by atoms with Crippen molar-refractivity contribution in [2.75, 3.05) is 26.3 Å². The van der Waals surface area contributed by atoms with Gasteiger partial charge in [0, 0.05) is 25.6 Å². The van der Waals surface area contributed by atoms with E-state index in [4.69, 9.17) is 4.74 Å². The lowest BCUT2D eigenvalue weighted by molar-refractivity contribution is -0.137. The molecule has 0 unspecified atom stereocenters. The molecule has 1 heterocycles. The number of nitrogens with one attached hydrogen (secondary N) is 2. The second kappa shape index (κ2) is 9.02. The molecule has 0 spiro atoms. The normalized spacial score (nSPS) is 18.5. The maximum absolute atomic E-state index is 12.9. The van der Waals surface area contributed by atoms with Gasteiger partial charge in [-0.05, 0) is 38.3 Å². The predicted molar refractivity (Wildman–Crippen MR) is 103 cm³/mol. The first-order valence-electron chi connectivity index (χ1n) is 9.60. The van der Waals surface area contributed by atoms with Gasteiger partial charge in [0.1, 0.15) is 6.04 Å². The Labute approximate surface area is 165 Å². The van der Waals surface area contributed by atoms with Crippen LogP contribution in [0.5, 0.6) is 0 Å². The van der Waals surface area contributed by atoms with Crippen LogP contribution in [0, 0.1) is 6.92 Å². The highest BCUT2D eigenvalue weighted by Gasteiger charge is 2.31. The molecule has 154 valence electrons. The van der Waals surface area contributed by atoms with Crippen LogP contribution in [0.1, 0.15) is 31.2 Å². The molecule has 1 aliphatic heterocycles. The van der Waals surface area contributed by atoms with Crippen LogP contribution in [0.15, 0.2) is 29.2 Å². The Morgan fingerprint density at radius 1 is 1.18 bits per heavy atom. The highest BCUT2D eigenvalue weighted by Crippen LogP contribution is 2.19. The molecule has 1 atom stereocenters. The minimum absolute atomic E-state index is 0.0909. The fraction of sp³-hybridized carbons (Fsp3) is 0.579. The molecule has 28 heavy (non-hydrogen) atoms. The molecule has 2 fully saturated rings. The molecule has 2 amide bonds. The number of aryl methyl sites for hydroxylation is 1. The largest absolute Gasteiger partial charge is 0.378 e. The number of sulfonamides is 1. The summed E-state index contributed by atoms with van der Waals surface area (Å²) in [4.78, 5) is 26.6. The Hall–Kier alpha value is -1.97. The van der Waals surface area contributed by atoms with Gasteiger partial charge in [-0.3, -0.25) is 9.59 Å². The van der Waals surface area contributed by atoms with Crippen molar-refractivity contribution in [3.8, 4) is 0 Å². The molecule has 0 radical (unpaired) electrons. The van der Waals surface area contributed by atoms with E-state index in [9.17, 15) is 18.0 Å². The van der Waals surface area contributed by atoms with Crippen molar-refractivity contribution >= 4 is 21.8 Å². The maximum Gasteiger partial charge on any atom is 0.241 e. The number of ether oxygens (including phenoxy) is 1. The molecule has 0 bridgehead atoms. The number of amides is 2. The zero-order chi connectivity index (χ0) is 20.1. The number of hydrogen-bond donors (Lipinski definition) is 2. The first-order valence-corrected chi connectivity index (χ1v) is 11.1. The van der Waals surface area contributed by atoms with Crippen molar-refractivity contribution in [2.24, 2.45) is 0 Å². The summed E-state index contributed by atoms with van der Waals surface area (Å²) in [6.07, 6.45) is 2.15. The van der Waals surface area contributed by atoms with Crippen LogP contribution in [-0.2, 0) is 24.3 Å². The van der Waals surface area contributed by atoms with Crippen LogP contribution in [0.25, 0.3) is 0 Å². The van der Waals surface area contributed by atoms with E-state index >= 15 is 0 Å². The molecule has 1 aliphatic carbocycles. The van der Waals surface area contributed by atoms with Gasteiger partial charge in [0.05, 0.1) is 18.1 Å². The van der Waals surface area contributed by atoms with Crippen LogP contribution in [0.3, 0.4) is 0 Å². The Morgan fingerprint density at radius 3 is 2.43 bits per heavy atom. The van der Waals surface area contributed by atoms with Gasteiger partial charge in [0.15, 0.2) is 0 Å². The SMILES string of the molecule is Cc1ccc(S(=O)(=O)N[C@@H](CCC(=O)NC2CC2)C(=O)N2CCOCC2)cc1. The smallest absolute Gasteiger partial charge is 0.241 e. The molecule has 1 aromatic carbocycles. The van der Waals surface area contributed by atoms with Gasteiger partial charge < -0.3 is 15.0 Å². The summed E-state index contributed by atoms with van der Waals surface area (Å²) < 4.78 is 33.3. The standard InChI is InChI=1S/C19H27N3O5S/c1-14-2-6-16(7-3-14)28(25,26)21-17(8-9-18(23)20-15-4-5-15)19(24)22-10-12-27-13-11-22/h2-3,6-7,15,17,21H,4-5,8-13H2,1H3,(H,20,23)/t17-/m0/s1. The molecule has 1 saturated carbocycles. The zero-order valence-corrected chi connectivity index (χ0v) is 16.8. The minimum atomic E-state index is -3.88. The highest BCUT2D eigenvalue weighted by atomic mass is 32.2. The summed E-state index contributed by atoms with van der Waals surface area (Å²) in [6.45, 7) is 3.54. The van der Waals surface area contributed by atoms with Crippen LogP contribution >= 0.6 is 0 Å². The number of carbonyl (C=O) groups excluding carboxylic acids is 2.